The third kappa shape index (κ3) is 28.1. The molecule has 9 N–H and O–H groups in total. The lowest BCUT2D eigenvalue weighted by atomic mass is 9.98. The van der Waals surface area contributed by atoms with Gasteiger partial charge in [0.25, 0.3) is 0 Å². The summed E-state index contributed by atoms with van der Waals surface area (Å²) in [5, 5.41) is 62.5. The highest BCUT2D eigenvalue weighted by Crippen LogP contribution is 2.29. The first-order valence-corrected chi connectivity index (χ1v) is 25.7. The lowest BCUT2D eigenvalue weighted by Crippen LogP contribution is -2.57. The van der Waals surface area contributed by atoms with Crippen molar-refractivity contribution in [2.24, 2.45) is 0 Å². The van der Waals surface area contributed by atoms with Crippen LogP contribution in [0.4, 0.5) is 38.0 Å². The number of aromatic nitrogens is 4. The van der Waals surface area contributed by atoms with Gasteiger partial charge in [0.05, 0.1) is 182 Å². The number of halogens is 6. The molecule has 27 nitrogen and oxygen atoms in total. The predicted octanol–water partition coefficient (Wildman–Crippen LogP) is -1.65. The molecule has 4 rings (SSSR count). The van der Waals surface area contributed by atoms with Crippen molar-refractivity contribution in [3.8, 4) is 0 Å². The molecule has 4 heterocycles. The average molecular weight is 1170 g/mol. The second kappa shape index (κ2) is 38.4. The maximum atomic E-state index is 12.9. The molecule has 0 radical (unpaired) electrons. The van der Waals surface area contributed by atoms with Crippen molar-refractivity contribution in [2.45, 2.75) is 80.0 Å². The number of carbonyl (C=O) groups excluding carboxylic acids is 2. The van der Waals surface area contributed by atoms with Crippen LogP contribution in [0, 0.1) is 0 Å². The Bertz CT molecular complexity index is 1870. The Morgan fingerprint density at radius 3 is 1.19 bits per heavy atom. The molecular weight excluding hydrogens is 1090 g/mol. The van der Waals surface area contributed by atoms with Gasteiger partial charge in [-0.25, -0.2) is 9.97 Å². The van der Waals surface area contributed by atoms with E-state index in [4.69, 9.17) is 56.8 Å². The number of anilines is 2. The molecule has 2 aliphatic heterocycles. The Kier molecular flexibility index (Phi) is 32.7. The second-order valence-corrected chi connectivity index (χ2v) is 17.6. The SMILES string of the molecule is O=C(CCOCC(O)COCCC(=O)NCCOCCOCCOCCOC[C@H]1OC[C@H](Nc2cncc(C(F)(F)F)n2)[C@@H](O)[C@H]1O)NCCOCCOCCOCCOC[C@H]1OC[C@H](Nc2cncc(C(F)(F)F)n2)[C@@H](O)[C@H]1O. The smallest absolute Gasteiger partial charge is 0.388 e. The summed E-state index contributed by atoms with van der Waals surface area (Å²) in [6.07, 6.45) is -14.2. The van der Waals surface area contributed by atoms with Crippen LogP contribution >= 0.6 is 0 Å². The van der Waals surface area contributed by atoms with E-state index in [2.05, 4.69) is 41.2 Å². The minimum atomic E-state index is -4.69. The van der Waals surface area contributed by atoms with Crippen molar-refractivity contribution in [3.63, 3.8) is 0 Å². The quantitative estimate of drug-likeness (QED) is 0.0266. The van der Waals surface area contributed by atoms with Crippen LogP contribution in [-0.2, 0) is 78.8 Å². The third-order valence-electron chi connectivity index (χ3n) is 11.3. The summed E-state index contributed by atoms with van der Waals surface area (Å²) in [5.74, 6) is -0.980. The molecule has 2 aromatic heterocycles. The van der Waals surface area contributed by atoms with Crippen LogP contribution in [0.1, 0.15) is 24.2 Å². The number of hydrogen-bond donors (Lipinski definition) is 9. The van der Waals surface area contributed by atoms with E-state index in [1.807, 2.05) is 0 Å². The van der Waals surface area contributed by atoms with Crippen molar-refractivity contribution in [3.05, 3.63) is 36.2 Å². The van der Waals surface area contributed by atoms with Gasteiger partial charge >= 0.3 is 12.4 Å². The fourth-order valence-corrected chi connectivity index (χ4v) is 7.07. The van der Waals surface area contributed by atoms with Gasteiger partial charge in [0.15, 0.2) is 11.4 Å². The van der Waals surface area contributed by atoms with Crippen LogP contribution in [-0.4, -0.2) is 271 Å². The molecule has 458 valence electrons. The van der Waals surface area contributed by atoms with Crippen LogP contribution in [0.2, 0.25) is 0 Å². The van der Waals surface area contributed by atoms with Gasteiger partial charge in [-0.15, -0.1) is 0 Å². The minimum absolute atomic E-state index is 0.0616. The molecule has 33 heteroatoms. The Balaban J connectivity index is 0.819. The van der Waals surface area contributed by atoms with Crippen LogP contribution in [0.15, 0.2) is 24.8 Å². The maximum absolute atomic E-state index is 12.9. The molecule has 2 saturated heterocycles. The molecule has 0 spiro atoms. The first-order chi connectivity index (χ1) is 38.4. The van der Waals surface area contributed by atoms with Gasteiger partial charge < -0.3 is 104 Å². The monoisotopic (exact) mass is 1170 g/mol. The number of hydrogen-bond acceptors (Lipinski definition) is 25. The van der Waals surface area contributed by atoms with E-state index >= 15 is 0 Å². The molecule has 0 bridgehead atoms. The zero-order valence-electron chi connectivity index (χ0n) is 43.9. The summed E-state index contributed by atoms with van der Waals surface area (Å²) >= 11 is 0. The number of carbonyl (C=O) groups is 2. The van der Waals surface area contributed by atoms with E-state index in [9.17, 15) is 61.5 Å². The highest BCUT2D eigenvalue weighted by Gasteiger charge is 2.41. The van der Waals surface area contributed by atoms with Gasteiger partial charge in [-0.1, -0.05) is 0 Å². The topological polar surface area (TPSA) is 346 Å². The number of nitrogens with one attached hydrogen (secondary N) is 4. The zero-order chi connectivity index (χ0) is 58.0. The van der Waals surface area contributed by atoms with Crippen molar-refractivity contribution in [1.82, 2.24) is 30.6 Å². The first kappa shape index (κ1) is 68.1. The molecule has 8 atom stereocenters. The molecule has 0 aliphatic carbocycles. The third-order valence-corrected chi connectivity index (χ3v) is 11.3. The fourth-order valence-electron chi connectivity index (χ4n) is 7.07. The number of aliphatic hydroxyl groups excluding tert-OH is 5. The Morgan fingerprint density at radius 2 is 0.838 bits per heavy atom. The Labute approximate surface area is 456 Å². The Morgan fingerprint density at radius 1 is 0.500 bits per heavy atom. The van der Waals surface area contributed by atoms with Gasteiger partial charge in [-0.3, -0.25) is 19.6 Å². The van der Waals surface area contributed by atoms with Crippen LogP contribution < -0.4 is 21.3 Å². The largest absolute Gasteiger partial charge is 0.434 e. The molecule has 80 heavy (non-hydrogen) atoms. The number of aliphatic hydroxyl groups is 5. The number of alkyl halides is 6. The number of ether oxygens (including phenoxy) is 12. The summed E-state index contributed by atoms with van der Waals surface area (Å²) in [6, 6.07) is -1.87. The predicted molar refractivity (Wildman–Crippen MR) is 262 cm³/mol. The second-order valence-electron chi connectivity index (χ2n) is 17.6. The number of rotatable bonds is 42. The molecule has 2 aliphatic rings. The molecular formula is C47H74F6N8O19. The highest BCUT2D eigenvalue weighted by atomic mass is 19.4. The van der Waals surface area contributed by atoms with Gasteiger partial charge in [0, 0.05) is 25.9 Å². The molecule has 2 aromatic rings. The van der Waals surface area contributed by atoms with Crippen molar-refractivity contribution in [1.29, 1.82) is 0 Å². The highest BCUT2D eigenvalue weighted by molar-refractivity contribution is 5.76. The summed E-state index contributed by atoms with van der Waals surface area (Å²) in [5.41, 5.74) is -2.41. The first-order valence-electron chi connectivity index (χ1n) is 25.7. The minimum Gasteiger partial charge on any atom is -0.388 e. The van der Waals surface area contributed by atoms with E-state index in [0.717, 1.165) is 12.4 Å². The normalized spacial score (nSPS) is 21.6. The van der Waals surface area contributed by atoms with Crippen LogP contribution in [0.3, 0.4) is 0 Å². The zero-order valence-corrected chi connectivity index (χ0v) is 43.9. The molecule has 0 aromatic carbocycles. The van der Waals surface area contributed by atoms with E-state index in [1.165, 1.54) is 0 Å². The van der Waals surface area contributed by atoms with Gasteiger partial charge in [0.1, 0.15) is 54.4 Å². The summed E-state index contributed by atoms with van der Waals surface area (Å²) in [6.45, 7) is 3.71. The van der Waals surface area contributed by atoms with Gasteiger partial charge in [-0.05, 0) is 0 Å². The number of amides is 2. The van der Waals surface area contributed by atoms with Crippen LogP contribution in [0.25, 0.3) is 0 Å². The standard InChI is InChI=1S/C47H74F6N8O19/c48-46(49,50)36-21-54-23-38(60-36)58-32-27-79-34(44(67)42(32)65)29-77-19-17-73-15-13-71-11-9-69-7-3-56-40(63)1-5-75-25-31(62)26-76-6-2-41(64)57-4-8-70-10-12-72-14-16-74-18-20-78-30-35-45(68)43(66)33(28-80-35)59-39-24-55-22-37(61-39)47(51,52)53/h21-24,31-35,42-45,62,65-68H,1-20,25-30H2,(H,56,63)(H,57,64)(H,58,60)(H,59,61)/t32-,33-,34+,35+,42+,43+,44-,45-/m0/s1. The summed E-state index contributed by atoms with van der Waals surface area (Å²) < 4.78 is 143. The van der Waals surface area contributed by atoms with Crippen molar-refractivity contribution < 1.29 is 118 Å². The van der Waals surface area contributed by atoms with Gasteiger partial charge in [-0.2, -0.15) is 26.3 Å². The number of nitrogens with zero attached hydrogens (tertiary/aromatic N) is 4. The molecule has 2 fully saturated rings. The van der Waals surface area contributed by atoms with E-state index < -0.39 is 78.6 Å². The van der Waals surface area contributed by atoms with E-state index in [0.29, 0.717) is 25.6 Å². The lowest BCUT2D eigenvalue weighted by Gasteiger charge is -2.38. The van der Waals surface area contributed by atoms with Crippen molar-refractivity contribution >= 4 is 23.5 Å². The van der Waals surface area contributed by atoms with Gasteiger partial charge in [0.2, 0.25) is 11.8 Å². The fraction of sp³-hybridized carbons (Fsp3) is 0.787. The van der Waals surface area contributed by atoms with E-state index in [-0.39, 0.29) is 182 Å². The van der Waals surface area contributed by atoms with E-state index in [1.54, 1.807) is 0 Å². The van der Waals surface area contributed by atoms with Crippen molar-refractivity contribution in [2.75, 3.05) is 169 Å². The summed E-state index contributed by atoms with van der Waals surface area (Å²) in [7, 11) is 0. The lowest BCUT2D eigenvalue weighted by molar-refractivity contribution is -0.161. The molecule has 2 amide bonds. The molecule has 0 unspecified atom stereocenters. The average Bonchev–Trinajstić information content (AvgIpc) is 3.43. The summed E-state index contributed by atoms with van der Waals surface area (Å²) in [4.78, 5) is 38.0. The Hall–Kier alpha value is -4.40. The van der Waals surface area contributed by atoms with Crippen LogP contribution in [0.5, 0.6) is 0 Å². The maximum Gasteiger partial charge on any atom is 0.434 e. The molecule has 0 saturated carbocycles.